The van der Waals surface area contributed by atoms with Crippen LogP contribution in [0.4, 0.5) is 0 Å². The lowest BCUT2D eigenvalue weighted by Gasteiger charge is -2.29. The average Bonchev–Trinajstić information content (AvgIpc) is 3.98. The van der Waals surface area contributed by atoms with Crippen LogP contribution in [0.15, 0.2) is 33.3 Å². The van der Waals surface area contributed by atoms with E-state index in [-0.39, 0.29) is 0 Å². The molecule has 11 nitrogen and oxygen atoms in total. The largest absolute Gasteiger partial charge is 0.465 e. The van der Waals surface area contributed by atoms with Crippen LogP contribution in [0.3, 0.4) is 0 Å². The van der Waals surface area contributed by atoms with E-state index in [0.29, 0.717) is 22.9 Å². The van der Waals surface area contributed by atoms with Gasteiger partial charge in [0.1, 0.15) is 28.7 Å². The highest BCUT2D eigenvalue weighted by Gasteiger charge is 2.34. The molecular weight excluding hydrogens is 632 g/mol. The van der Waals surface area contributed by atoms with Gasteiger partial charge in [0.25, 0.3) is 0 Å². The zero-order valence-electron chi connectivity index (χ0n) is 30.0. The standard InChI is InChI=1S/C22H29N3O2.C17H17N3O3/c1-5-9-22(26,10-6-2)17-11-16(19-13(3)25-27-14(19)4)12-18-20(17)24-21(23-18)15-7-8-15;1-8-14(9(2)23-20-8)11-6-12(17(21)22-3)15-13(7-11)18-16(19-15)10-4-5-10/h11-12,15,26H,5-10H2,1-4H3,(H,23,24);6-7,10H,4-5H2,1-3H3,(H,18,19). The number of hydrogen-bond donors (Lipinski definition) is 3. The number of H-pyrrole nitrogens is 2. The predicted octanol–water partition coefficient (Wildman–Crippen LogP) is 9.00. The average molecular weight is 679 g/mol. The lowest BCUT2D eigenvalue weighted by molar-refractivity contribution is 0.0183. The third kappa shape index (κ3) is 6.23. The molecule has 8 rings (SSSR count). The van der Waals surface area contributed by atoms with Crippen LogP contribution in [0, 0.1) is 27.7 Å². The van der Waals surface area contributed by atoms with Crippen molar-refractivity contribution in [3.8, 4) is 22.3 Å². The number of hydrogen-bond acceptors (Lipinski definition) is 9. The number of imidazole rings is 2. The molecule has 0 aliphatic heterocycles. The number of aromatic nitrogens is 6. The van der Waals surface area contributed by atoms with Crippen molar-refractivity contribution in [3.05, 3.63) is 69.9 Å². The first-order chi connectivity index (χ1) is 24.0. The molecule has 6 aromatic rings. The van der Waals surface area contributed by atoms with Crippen LogP contribution in [-0.4, -0.2) is 48.4 Å². The van der Waals surface area contributed by atoms with Gasteiger partial charge in [-0.2, -0.15) is 0 Å². The van der Waals surface area contributed by atoms with Crippen molar-refractivity contribution in [2.24, 2.45) is 0 Å². The summed E-state index contributed by atoms with van der Waals surface area (Å²) in [5.41, 5.74) is 9.42. The molecule has 2 saturated carbocycles. The first-order valence-electron chi connectivity index (χ1n) is 17.8. The summed E-state index contributed by atoms with van der Waals surface area (Å²) in [5, 5.41) is 19.7. The summed E-state index contributed by atoms with van der Waals surface area (Å²) in [6, 6.07) is 8.03. The van der Waals surface area contributed by atoms with Gasteiger partial charge in [0, 0.05) is 28.5 Å². The molecular formula is C39H46N6O5. The Balaban J connectivity index is 0.000000159. The van der Waals surface area contributed by atoms with Gasteiger partial charge in [-0.15, -0.1) is 0 Å². The van der Waals surface area contributed by atoms with Crippen molar-refractivity contribution in [1.29, 1.82) is 0 Å². The molecule has 11 heteroatoms. The van der Waals surface area contributed by atoms with Crippen LogP contribution in [-0.2, 0) is 10.3 Å². The van der Waals surface area contributed by atoms with Crippen molar-refractivity contribution in [3.63, 3.8) is 0 Å². The van der Waals surface area contributed by atoms with Crippen LogP contribution >= 0.6 is 0 Å². The number of fused-ring (bicyclic) bond motifs is 2. The molecule has 0 saturated heterocycles. The zero-order chi connectivity index (χ0) is 35.3. The van der Waals surface area contributed by atoms with E-state index >= 15 is 0 Å². The monoisotopic (exact) mass is 678 g/mol. The molecule has 2 aliphatic carbocycles. The number of ether oxygens (including phenoxy) is 1. The summed E-state index contributed by atoms with van der Waals surface area (Å²) < 4.78 is 15.6. The number of aliphatic hydroxyl groups is 1. The van der Waals surface area contributed by atoms with Crippen molar-refractivity contribution in [2.75, 3.05) is 7.11 Å². The van der Waals surface area contributed by atoms with E-state index in [0.717, 1.165) is 117 Å². The maximum Gasteiger partial charge on any atom is 0.340 e. The lowest BCUT2D eigenvalue weighted by Crippen LogP contribution is -2.26. The summed E-state index contributed by atoms with van der Waals surface area (Å²) in [6.07, 6.45) is 7.98. The van der Waals surface area contributed by atoms with Gasteiger partial charge in [0.05, 0.1) is 46.2 Å². The van der Waals surface area contributed by atoms with Gasteiger partial charge in [-0.25, -0.2) is 14.8 Å². The number of aromatic amines is 2. The number of nitrogens with one attached hydrogen (secondary N) is 2. The summed E-state index contributed by atoms with van der Waals surface area (Å²) >= 11 is 0. The van der Waals surface area contributed by atoms with Gasteiger partial charge in [0.2, 0.25) is 0 Å². The third-order valence-corrected chi connectivity index (χ3v) is 10.0. The normalized spacial score (nSPS) is 14.7. The molecule has 4 heterocycles. The molecule has 2 aromatic carbocycles. The third-order valence-electron chi connectivity index (χ3n) is 10.0. The van der Waals surface area contributed by atoms with Crippen LogP contribution in [0.25, 0.3) is 44.3 Å². The molecule has 3 N–H and O–H groups in total. The molecule has 50 heavy (non-hydrogen) atoms. The molecule has 0 bridgehead atoms. The minimum absolute atomic E-state index is 0.391. The molecule has 0 spiro atoms. The Labute approximate surface area is 291 Å². The molecule has 262 valence electrons. The van der Waals surface area contributed by atoms with E-state index in [1.807, 2.05) is 33.8 Å². The first-order valence-corrected chi connectivity index (χ1v) is 17.8. The van der Waals surface area contributed by atoms with E-state index in [1.54, 1.807) is 6.07 Å². The Kier molecular flexibility index (Phi) is 8.88. The number of rotatable bonds is 10. The van der Waals surface area contributed by atoms with Crippen molar-refractivity contribution in [2.45, 2.75) is 110 Å². The fraction of sp³-hybridized carbons (Fsp3) is 0.462. The quantitative estimate of drug-likeness (QED) is 0.120. The summed E-state index contributed by atoms with van der Waals surface area (Å²) in [5.74, 6) is 4.15. The number of carbonyl (C=O) groups is 1. The second kappa shape index (κ2) is 13.2. The van der Waals surface area contributed by atoms with Gasteiger partial charge in [-0.05, 0) is 102 Å². The second-order valence-electron chi connectivity index (χ2n) is 14.1. The lowest BCUT2D eigenvalue weighted by atomic mass is 9.83. The molecule has 4 aromatic heterocycles. The van der Waals surface area contributed by atoms with E-state index in [2.05, 4.69) is 51.2 Å². The van der Waals surface area contributed by atoms with Crippen LogP contribution in [0.2, 0.25) is 0 Å². The van der Waals surface area contributed by atoms with Crippen molar-refractivity contribution in [1.82, 2.24) is 30.2 Å². The fourth-order valence-corrected chi connectivity index (χ4v) is 7.29. The maximum absolute atomic E-state index is 12.2. The summed E-state index contributed by atoms with van der Waals surface area (Å²) in [7, 11) is 1.38. The Bertz CT molecular complexity index is 2150. The van der Waals surface area contributed by atoms with E-state index < -0.39 is 11.6 Å². The van der Waals surface area contributed by atoms with E-state index in [1.165, 1.54) is 20.0 Å². The highest BCUT2D eigenvalue weighted by molar-refractivity contribution is 6.04. The number of esters is 1. The number of benzene rings is 2. The van der Waals surface area contributed by atoms with Gasteiger partial charge in [-0.3, -0.25) is 0 Å². The molecule has 0 unspecified atom stereocenters. The number of aryl methyl sites for hydroxylation is 4. The Morgan fingerprint density at radius 2 is 1.28 bits per heavy atom. The molecule has 2 aliphatic rings. The SMILES string of the molecule is CCCC(O)(CCC)c1cc(-c2c(C)noc2C)cc2[nH]c(C3CC3)nc12.COC(=O)c1cc(-c2c(C)noc2C)cc2[nH]c(C3CC3)nc12. The van der Waals surface area contributed by atoms with Gasteiger partial charge in [0.15, 0.2) is 0 Å². The van der Waals surface area contributed by atoms with Gasteiger partial charge >= 0.3 is 5.97 Å². The smallest absolute Gasteiger partial charge is 0.340 e. The van der Waals surface area contributed by atoms with Crippen molar-refractivity contribution < 1.29 is 23.7 Å². The Hall–Kier alpha value is -4.77. The topological polar surface area (TPSA) is 156 Å². The van der Waals surface area contributed by atoms with Crippen LogP contribution < -0.4 is 0 Å². The minimum atomic E-state index is -0.868. The van der Waals surface area contributed by atoms with Crippen LogP contribution in [0.1, 0.15) is 128 Å². The predicted molar refractivity (Wildman–Crippen MR) is 191 cm³/mol. The number of nitrogens with zero attached hydrogens (tertiary/aromatic N) is 4. The molecule has 2 fully saturated rings. The number of methoxy groups -OCH3 is 1. The Morgan fingerprint density at radius 3 is 1.72 bits per heavy atom. The van der Waals surface area contributed by atoms with Gasteiger partial charge in [-0.1, -0.05) is 37.0 Å². The highest BCUT2D eigenvalue weighted by atomic mass is 16.5. The maximum atomic E-state index is 12.2. The molecule has 0 atom stereocenters. The molecule has 0 radical (unpaired) electrons. The highest BCUT2D eigenvalue weighted by Crippen LogP contribution is 2.44. The molecule has 0 amide bonds. The summed E-state index contributed by atoms with van der Waals surface area (Å²) in [4.78, 5) is 28.6. The zero-order valence-corrected chi connectivity index (χ0v) is 30.0. The van der Waals surface area contributed by atoms with Gasteiger partial charge < -0.3 is 28.9 Å². The first kappa shape index (κ1) is 33.7. The Morgan fingerprint density at radius 1 is 0.800 bits per heavy atom. The number of carbonyl (C=O) groups excluding carboxylic acids is 1. The van der Waals surface area contributed by atoms with Crippen molar-refractivity contribution >= 4 is 28.0 Å². The van der Waals surface area contributed by atoms with E-state index in [9.17, 15) is 9.90 Å². The summed E-state index contributed by atoms with van der Waals surface area (Å²) in [6.45, 7) is 11.9. The fourth-order valence-electron chi connectivity index (χ4n) is 7.29. The van der Waals surface area contributed by atoms with E-state index in [4.69, 9.17) is 18.8 Å². The van der Waals surface area contributed by atoms with Crippen LogP contribution in [0.5, 0.6) is 0 Å². The minimum Gasteiger partial charge on any atom is -0.465 e. The second-order valence-corrected chi connectivity index (χ2v) is 14.1.